The zero-order valence-corrected chi connectivity index (χ0v) is 16.6. The van der Waals surface area contributed by atoms with Crippen molar-refractivity contribution < 1.29 is 19.3 Å². The zero-order valence-electron chi connectivity index (χ0n) is 16.6. The van der Waals surface area contributed by atoms with E-state index in [2.05, 4.69) is 5.32 Å². The molecule has 0 radical (unpaired) electrons. The quantitative estimate of drug-likeness (QED) is 0.777. The number of piperazine rings is 1. The summed E-state index contributed by atoms with van der Waals surface area (Å²) in [6.07, 6.45) is 0. The fourth-order valence-electron chi connectivity index (χ4n) is 3.90. The van der Waals surface area contributed by atoms with E-state index in [9.17, 15) is 14.4 Å². The summed E-state index contributed by atoms with van der Waals surface area (Å²) in [6.45, 7) is 1.38. The molecule has 0 saturated carbocycles. The lowest BCUT2D eigenvalue weighted by molar-refractivity contribution is -0.849. The molecule has 2 aromatic carbocycles. The maximum atomic E-state index is 13.3. The largest absolute Gasteiger partial charge is 0.333 e. The first-order valence-corrected chi connectivity index (χ1v) is 9.82. The molecular weight excluding hydrogens is 368 g/mol. The minimum absolute atomic E-state index is 0.00183. The molecular formula is C22H25N4O3+. The number of hydrogen-bond acceptors (Lipinski definition) is 3. The molecule has 4 rings (SSSR count). The number of benzene rings is 2. The van der Waals surface area contributed by atoms with Gasteiger partial charge in [0.05, 0.1) is 31.9 Å². The lowest BCUT2D eigenvalue weighted by Crippen LogP contribution is -3.07. The van der Waals surface area contributed by atoms with Crippen molar-refractivity contribution in [3.05, 3.63) is 54.1 Å². The van der Waals surface area contributed by atoms with E-state index in [1.807, 2.05) is 56.6 Å². The predicted molar refractivity (Wildman–Crippen MR) is 110 cm³/mol. The van der Waals surface area contributed by atoms with Crippen LogP contribution in [0, 0.1) is 0 Å². The van der Waals surface area contributed by atoms with Gasteiger partial charge in [-0.25, -0.2) is 0 Å². The highest BCUT2D eigenvalue weighted by Crippen LogP contribution is 2.30. The maximum absolute atomic E-state index is 13.3. The highest BCUT2D eigenvalue weighted by atomic mass is 16.2. The van der Waals surface area contributed by atoms with Crippen LogP contribution in [0.25, 0.3) is 11.1 Å². The molecule has 0 bridgehead atoms. The summed E-state index contributed by atoms with van der Waals surface area (Å²) in [7, 11) is 3.83. The van der Waals surface area contributed by atoms with Gasteiger partial charge in [-0.2, -0.15) is 0 Å². The van der Waals surface area contributed by atoms with Crippen LogP contribution in [0.4, 0.5) is 5.69 Å². The standard InChI is InChI=1S/C22H24N4O3/c1-24(2)14-20(27)25-10-11-26-19(13-25)21(28)23-18-9-8-16(12-17(18)22(26)29)15-6-4-3-5-7-15/h3-9,12,19H,10-11,13-14H2,1-2H3,(H,23,28)/p+1/t19-/m1/s1. The summed E-state index contributed by atoms with van der Waals surface area (Å²) in [5, 5.41) is 2.89. The third kappa shape index (κ3) is 3.73. The summed E-state index contributed by atoms with van der Waals surface area (Å²) in [5.74, 6) is -0.427. The maximum Gasteiger partial charge on any atom is 0.277 e. The molecule has 7 heteroatoms. The third-order valence-corrected chi connectivity index (χ3v) is 5.42. The highest BCUT2D eigenvalue weighted by molar-refractivity contribution is 6.10. The van der Waals surface area contributed by atoms with Gasteiger partial charge in [-0.05, 0) is 23.3 Å². The van der Waals surface area contributed by atoms with Gasteiger partial charge in [0.1, 0.15) is 6.04 Å². The van der Waals surface area contributed by atoms with Gasteiger partial charge in [-0.3, -0.25) is 14.4 Å². The lowest BCUT2D eigenvalue weighted by atomic mass is 10.0. The fourth-order valence-corrected chi connectivity index (χ4v) is 3.90. The first kappa shape index (κ1) is 19.1. The Morgan fingerprint density at radius 3 is 2.55 bits per heavy atom. The summed E-state index contributed by atoms with van der Waals surface area (Å²) >= 11 is 0. The molecule has 2 heterocycles. The number of nitrogens with one attached hydrogen (secondary N) is 2. The van der Waals surface area contributed by atoms with Crippen LogP contribution in [0.1, 0.15) is 10.4 Å². The smallest absolute Gasteiger partial charge is 0.277 e. The van der Waals surface area contributed by atoms with Gasteiger partial charge >= 0.3 is 0 Å². The van der Waals surface area contributed by atoms with Crippen molar-refractivity contribution in [3.8, 4) is 11.1 Å². The number of likely N-dealkylation sites (N-methyl/N-ethyl adjacent to an activating group) is 1. The Balaban J connectivity index is 1.62. The molecule has 1 atom stereocenters. The molecule has 3 amide bonds. The van der Waals surface area contributed by atoms with Crippen LogP contribution in [-0.2, 0) is 9.59 Å². The van der Waals surface area contributed by atoms with Crippen LogP contribution >= 0.6 is 0 Å². The number of hydrogen-bond donors (Lipinski definition) is 2. The number of carbonyl (C=O) groups is 3. The van der Waals surface area contributed by atoms with Crippen LogP contribution in [0.2, 0.25) is 0 Å². The minimum atomic E-state index is -0.676. The number of quaternary nitrogens is 1. The molecule has 2 aliphatic heterocycles. The van der Waals surface area contributed by atoms with Crippen LogP contribution in [0.3, 0.4) is 0 Å². The fraction of sp³-hybridized carbons (Fsp3) is 0.318. The van der Waals surface area contributed by atoms with Gasteiger partial charge < -0.3 is 20.0 Å². The number of anilines is 1. The molecule has 1 saturated heterocycles. The van der Waals surface area contributed by atoms with E-state index in [1.165, 1.54) is 0 Å². The second-order valence-electron chi connectivity index (χ2n) is 7.85. The van der Waals surface area contributed by atoms with Gasteiger partial charge in [0.25, 0.3) is 11.8 Å². The Morgan fingerprint density at radius 2 is 1.83 bits per heavy atom. The monoisotopic (exact) mass is 393 g/mol. The van der Waals surface area contributed by atoms with Crippen molar-refractivity contribution in [1.82, 2.24) is 9.80 Å². The normalized spacial score (nSPS) is 18.8. The molecule has 0 aliphatic carbocycles. The Bertz CT molecular complexity index is 958. The predicted octanol–water partition coefficient (Wildman–Crippen LogP) is 0.103. The molecule has 29 heavy (non-hydrogen) atoms. The summed E-state index contributed by atoms with van der Waals surface area (Å²) < 4.78 is 0. The van der Waals surface area contributed by atoms with Crippen LogP contribution < -0.4 is 10.2 Å². The van der Waals surface area contributed by atoms with E-state index in [1.54, 1.807) is 15.9 Å². The van der Waals surface area contributed by atoms with Gasteiger partial charge in [-0.1, -0.05) is 36.4 Å². The molecule has 150 valence electrons. The van der Waals surface area contributed by atoms with Crippen molar-refractivity contribution in [2.45, 2.75) is 6.04 Å². The summed E-state index contributed by atoms with van der Waals surface area (Å²) in [6, 6.07) is 14.7. The van der Waals surface area contributed by atoms with Gasteiger partial charge in [0, 0.05) is 13.1 Å². The average Bonchev–Trinajstić information content (AvgIpc) is 2.82. The van der Waals surface area contributed by atoms with Crippen LogP contribution in [-0.4, -0.2) is 73.8 Å². The first-order valence-electron chi connectivity index (χ1n) is 9.82. The Labute approximate surface area is 169 Å². The van der Waals surface area contributed by atoms with Crippen molar-refractivity contribution in [1.29, 1.82) is 0 Å². The Hall–Kier alpha value is -3.19. The molecule has 2 aliphatic rings. The van der Waals surface area contributed by atoms with Crippen molar-refractivity contribution in [3.63, 3.8) is 0 Å². The van der Waals surface area contributed by atoms with E-state index in [4.69, 9.17) is 0 Å². The second kappa shape index (κ2) is 7.67. The third-order valence-electron chi connectivity index (χ3n) is 5.42. The Kier molecular flexibility index (Phi) is 5.07. The number of rotatable bonds is 3. The van der Waals surface area contributed by atoms with E-state index in [0.29, 0.717) is 30.9 Å². The zero-order chi connectivity index (χ0) is 20.5. The topological polar surface area (TPSA) is 74.2 Å². The first-order chi connectivity index (χ1) is 13.9. The number of carbonyl (C=O) groups excluding carboxylic acids is 3. The molecule has 7 nitrogen and oxygen atoms in total. The molecule has 0 unspecified atom stereocenters. The Morgan fingerprint density at radius 1 is 1.07 bits per heavy atom. The molecule has 1 fully saturated rings. The molecule has 2 N–H and O–H groups in total. The van der Waals surface area contributed by atoms with E-state index < -0.39 is 6.04 Å². The number of amides is 3. The SMILES string of the molecule is C[NH+](C)CC(=O)N1CCN2C(=O)c3cc(-c4ccccc4)ccc3NC(=O)[C@H]2C1. The highest BCUT2D eigenvalue weighted by Gasteiger charge is 2.40. The van der Waals surface area contributed by atoms with Crippen molar-refractivity contribution in [2.24, 2.45) is 0 Å². The lowest BCUT2D eigenvalue weighted by Gasteiger charge is -2.39. The van der Waals surface area contributed by atoms with Crippen LogP contribution in [0.15, 0.2) is 48.5 Å². The van der Waals surface area contributed by atoms with Gasteiger partial charge in [-0.15, -0.1) is 0 Å². The second-order valence-corrected chi connectivity index (χ2v) is 7.85. The minimum Gasteiger partial charge on any atom is -0.333 e. The van der Waals surface area contributed by atoms with Crippen molar-refractivity contribution in [2.75, 3.05) is 45.6 Å². The van der Waals surface area contributed by atoms with Gasteiger partial charge in [0.2, 0.25) is 5.91 Å². The molecule has 2 aromatic rings. The number of fused-ring (bicyclic) bond motifs is 2. The van der Waals surface area contributed by atoms with Crippen molar-refractivity contribution >= 4 is 23.4 Å². The van der Waals surface area contributed by atoms with Crippen LogP contribution in [0.5, 0.6) is 0 Å². The van der Waals surface area contributed by atoms with Gasteiger partial charge in [0.15, 0.2) is 6.54 Å². The van der Waals surface area contributed by atoms with E-state index >= 15 is 0 Å². The summed E-state index contributed by atoms with van der Waals surface area (Å²) in [4.78, 5) is 42.9. The molecule has 0 aromatic heterocycles. The van der Waals surface area contributed by atoms with E-state index in [-0.39, 0.29) is 24.3 Å². The number of nitrogens with zero attached hydrogens (tertiary/aromatic N) is 2. The average molecular weight is 393 g/mol. The van der Waals surface area contributed by atoms with E-state index in [0.717, 1.165) is 16.0 Å². The molecule has 0 spiro atoms. The summed E-state index contributed by atoms with van der Waals surface area (Å²) in [5.41, 5.74) is 2.94.